The number of halogens is 1. The average molecular weight is 588 g/mol. The van der Waals surface area contributed by atoms with Crippen LogP contribution in [0.1, 0.15) is 62.3 Å². The summed E-state index contributed by atoms with van der Waals surface area (Å²) in [5, 5.41) is 0.507. The lowest BCUT2D eigenvalue weighted by Crippen LogP contribution is -2.48. The lowest BCUT2D eigenvalue weighted by Gasteiger charge is -2.39. The van der Waals surface area contributed by atoms with Crippen LogP contribution in [0.5, 0.6) is 0 Å². The minimum atomic E-state index is -0.763. The second-order valence-corrected chi connectivity index (χ2v) is 11.4. The Bertz CT molecular complexity index is 1370. The molecule has 0 aromatic heterocycles. The van der Waals surface area contributed by atoms with E-state index in [-0.39, 0.29) is 17.9 Å². The van der Waals surface area contributed by atoms with Crippen LogP contribution in [0.15, 0.2) is 89.9 Å². The monoisotopic (exact) mass is 587 g/mol. The summed E-state index contributed by atoms with van der Waals surface area (Å²) in [4.78, 5) is 47.3. The van der Waals surface area contributed by atoms with Crippen molar-refractivity contribution >= 4 is 35.2 Å². The molecule has 0 spiro atoms. The van der Waals surface area contributed by atoms with Crippen molar-refractivity contribution in [3.63, 3.8) is 0 Å². The van der Waals surface area contributed by atoms with Crippen LogP contribution in [0.25, 0.3) is 0 Å². The van der Waals surface area contributed by atoms with E-state index in [1.807, 2.05) is 66.7 Å². The molecular formula is C34H38ClN3O4. The summed E-state index contributed by atoms with van der Waals surface area (Å²) in [7, 11) is 1.78. The van der Waals surface area contributed by atoms with Gasteiger partial charge in [-0.15, -0.1) is 0 Å². The van der Waals surface area contributed by atoms with Gasteiger partial charge in [0.1, 0.15) is 5.92 Å². The fourth-order valence-electron chi connectivity index (χ4n) is 5.45. The predicted molar refractivity (Wildman–Crippen MR) is 166 cm³/mol. The van der Waals surface area contributed by atoms with E-state index < -0.39 is 24.0 Å². The molecule has 2 atom stereocenters. The molecule has 1 aliphatic rings. The Hall–Kier alpha value is -3.97. The number of carbonyl (C=O) groups excluding carboxylic acids is 3. The molecular weight excluding hydrogens is 550 g/mol. The van der Waals surface area contributed by atoms with Crippen molar-refractivity contribution in [1.29, 1.82) is 0 Å². The number of esters is 1. The van der Waals surface area contributed by atoms with Crippen molar-refractivity contribution in [2.24, 2.45) is 10.9 Å². The molecule has 4 rings (SSSR count). The number of benzene rings is 3. The van der Waals surface area contributed by atoms with Crippen LogP contribution in [-0.2, 0) is 14.3 Å². The summed E-state index contributed by atoms with van der Waals surface area (Å²) in [5.74, 6) is -1.26. The van der Waals surface area contributed by atoms with E-state index >= 15 is 0 Å². The van der Waals surface area contributed by atoms with Gasteiger partial charge >= 0.3 is 12.0 Å². The predicted octanol–water partition coefficient (Wildman–Crippen LogP) is 6.92. The van der Waals surface area contributed by atoms with Gasteiger partial charge in [0.15, 0.2) is 0 Å². The van der Waals surface area contributed by atoms with Gasteiger partial charge in [-0.3, -0.25) is 9.59 Å². The van der Waals surface area contributed by atoms with Gasteiger partial charge in [0.05, 0.1) is 12.1 Å². The number of amides is 3. The molecule has 3 aromatic carbocycles. The zero-order valence-electron chi connectivity index (χ0n) is 24.6. The number of nitrogens with zero attached hydrogens (tertiary/aromatic N) is 3. The average Bonchev–Trinajstić information content (AvgIpc) is 2.97. The van der Waals surface area contributed by atoms with Gasteiger partial charge in [-0.25, -0.2) is 9.79 Å². The number of aliphatic imine (C=N–C) groups is 1. The maximum absolute atomic E-state index is 13.4. The number of urea groups is 1. The first-order chi connectivity index (χ1) is 20.2. The van der Waals surface area contributed by atoms with Gasteiger partial charge in [-0.05, 0) is 56.0 Å². The lowest BCUT2D eigenvalue weighted by atomic mass is 9.86. The maximum Gasteiger partial charge on any atom is 0.344 e. The molecule has 3 amide bonds. The van der Waals surface area contributed by atoms with Gasteiger partial charge in [0.25, 0.3) is 0 Å². The van der Waals surface area contributed by atoms with Crippen LogP contribution >= 0.6 is 11.6 Å². The smallest absolute Gasteiger partial charge is 0.344 e. The van der Waals surface area contributed by atoms with Gasteiger partial charge in [0.2, 0.25) is 5.91 Å². The molecule has 3 aromatic rings. The highest BCUT2D eigenvalue weighted by atomic mass is 35.5. The fraction of sp³-hybridized carbons (Fsp3) is 0.353. The lowest BCUT2D eigenvalue weighted by molar-refractivity contribution is -0.151. The SMILES string of the molecule is CC1=NC(=O)N(CCCN(C)C(=O)CC(c2ccccc2)c2ccccc2)C(c2cccc(Cl)c2)C1C(=O)OC(C)C. The van der Waals surface area contributed by atoms with E-state index in [0.717, 1.165) is 16.7 Å². The second kappa shape index (κ2) is 14.3. The van der Waals surface area contributed by atoms with E-state index in [1.54, 1.807) is 55.8 Å². The van der Waals surface area contributed by atoms with Crippen molar-refractivity contribution in [1.82, 2.24) is 9.80 Å². The van der Waals surface area contributed by atoms with E-state index in [0.29, 0.717) is 36.7 Å². The molecule has 0 aliphatic carbocycles. The van der Waals surface area contributed by atoms with Crippen LogP contribution in [0.2, 0.25) is 5.02 Å². The van der Waals surface area contributed by atoms with Crippen molar-refractivity contribution in [2.45, 2.75) is 51.7 Å². The zero-order chi connectivity index (χ0) is 30.2. The third kappa shape index (κ3) is 7.65. The fourth-order valence-corrected chi connectivity index (χ4v) is 5.65. The minimum absolute atomic E-state index is 0.0105. The Morgan fingerprint density at radius 2 is 1.60 bits per heavy atom. The Labute approximate surface area is 253 Å². The van der Waals surface area contributed by atoms with Crippen molar-refractivity contribution in [3.8, 4) is 0 Å². The number of hydrogen-bond acceptors (Lipinski definition) is 4. The largest absolute Gasteiger partial charge is 0.462 e. The van der Waals surface area contributed by atoms with E-state index in [4.69, 9.17) is 16.3 Å². The van der Waals surface area contributed by atoms with Gasteiger partial charge in [-0.2, -0.15) is 0 Å². The topological polar surface area (TPSA) is 79.3 Å². The summed E-state index contributed by atoms with van der Waals surface area (Å²) in [6.45, 7) is 6.00. The first-order valence-corrected chi connectivity index (χ1v) is 14.7. The first-order valence-electron chi connectivity index (χ1n) is 14.3. The molecule has 220 valence electrons. The summed E-state index contributed by atoms with van der Waals surface area (Å²) < 4.78 is 5.57. The highest BCUT2D eigenvalue weighted by Gasteiger charge is 2.43. The molecule has 0 saturated heterocycles. The van der Waals surface area contributed by atoms with E-state index in [2.05, 4.69) is 4.99 Å². The van der Waals surface area contributed by atoms with Crippen molar-refractivity contribution in [3.05, 3.63) is 107 Å². The number of hydrogen-bond donors (Lipinski definition) is 0. The number of rotatable bonds is 11. The molecule has 0 bridgehead atoms. The van der Waals surface area contributed by atoms with E-state index in [9.17, 15) is 14.4 Å². The molecule has 0 saturated carbocycles. The minimum Gasteiger partial charge on any atom is -0.462 e. The van der Waals surface area contributed by atoms with Crippen LogP contribution < -0.4 is 0 Å². The Morgan fingerprint density at radius 3 is 2.17 bits per heavy atom. The quantitative estimate of drug-likeness (QED) is 0.228. The third-order valence-corrected chi connectivity index (χ3v) is 7.75. The molecule has 0 fully saturated rings. The maximum atomic E-state index is 13.4. The van der Waals surface area contributed by atoms with Crippen molar-refractivity contribution in [2.75, 3.05) is 20.1 Å². The van der Waals surface area contributed by atoms with Crippen molar-refractivity contribution < 1.29 is 19.1 Å². The van der Waals surface area contributed by atoms with Crippen LogP contribution in [0, 0.1) is 5.92 Å². The molecule has 7 nitrogen and oxygen atoms in total. The third-order valence-electron chi connectivity index (χ3n) is 7.52. The highest BCUT2D eigenvalue weighted by Crippen LogP contribution is 2.36. The van der Waals surface area contributed by atoms with Crippen LogP contribution in [-0.4, -0.2) is 59.7 Å². The Balaban J connectivity index is 1.49. The first kappa shape index (κ1) is 31.0. The molecule has 8 heteroatoms. The zero-order valence-corrected chi connectivity index (χ0v) is 25.3. The molecule has 1 aliphatic heterocycles. The standard InChI is InChI=1S/C34H38ClN3O4/c1-23(2)42-33(40)31-24(3)36-34(41)38(32(31)27-17-11-18-28(35)21-27)20-12-19-37(4)30(39)22-29(25-13-7-5-8-14-25)26-15-9-6-10-16-26/h5-11,13-18,21,23,29,31-32H,12,19-20,22H2,1-4H3. The van der Waals surface area contributed by atoms with Gasteiger partial charge < -0.3 is 14.5 Å². The normalized spacial score (nSPS) is 16.9. The number of ether oxygens (including phenoxy) is 1. The summed E-state index contributed by atoms with van der Waals surface area (Å²) in [5.41, 5.74) is 3.31. The Kier molecular flexibility index (Phi) is 10.5. The Morgan fingerprint density at radius 1 is 0.976 bits per heavy atom. The molecule has 1 heterocycles. The van der Waals surface area contributed by atoms with Gasteiger partial charge in [0, 0.05) is 43.2 Å². The van der Waals surface area contributed by atoms with Crippen LogP contribution in [0.3, 0.4) is 0 Å². The van der Waals surface area contributed by atoms with Crippen LogP contribution in [0.4, 0.5) is 4.79 Å². The summed E-state index contributed by atoms with van der Waals surface area (Å²) in [6, 6.07) is 26.2. The highest BCUT2D eigenvalue weighted by molar-refractivity contribution is 6.30. The molecule has 0 radical (unpaired) electrons. The molecule has 42 heavy (non-hydrogen) atoms. The van der Waals surface area contributed by atoms with E-state index in [1.165, 1.54) is 0 Å². The molecule has 0 N–H and O–H groups in total. The summed E-state index contributed by atoms with van der Waals surface area (Å²) in [6.07, 6.45) is 0.518. The number of carbonyl (C=O) groups is 3. The van der Waals surface area contributed by atoms with Gasteiger partial charge in [-0.1, -0.05) is 84.4 Å². The summed E-state index contributed by atoms with van der Waals surface area (Å²) >= 11 is 6.31. The molecule has 2 unspecified atom stereocenters. The second-order valence-electron chi connectivity index (χ2n) is 10.9.